The van der Waals surface area contributed by atoms with Crippen molar-refractivity contribution in [2.45, 2.75) is 88.7 Å². The number of fused-ring (bicyclic) bond motifs is 1. The van der Waals surface area contributed by atoms with E-state index in [1.165, 1.54) is 7.11 Å². The highest BCUT2D eigenvalue weighted by molar-refractivity contribution is 6.04. The van der Waals surface area contributed by atoms with Crippen LogP contribution in [0.3, 0.4) is 0 Å². The average Bonchev–Trinajstić information content (AvgIpc) is 2.40. The summed E-state index contributed by atoms with van der Waals surface area (Å²) in [6.45, 7) is 24.8. The summed E-state index contributed by atoms with van der Waals surface area (Å²) in [6, 6.07) is 0. The molecule has 164 valence electrons. The second-order valence-electron chi connectivity index (χ2n) is 12.6. The summed E-state index contributed by atoms with van der Waals surface area (Å²) >= 11 is 0. The standard InChI is InChI=1S/C25H40O4/c1-21(2,3)16-15-14(19(26)28-13)18(22(4,5)6)25(15,23(7,8)9)17(16)20(27)29-24(10,11)12/h15H,1-13H3/t15-,25+/m0/s1. The molecule has 2 aliphatic carbocycles. The molecule has 0 fully saturated rings. The molecule has 0 saturated heterocycles. The van der Waals surface area contributed by atoms with Crippen molar-refractivity contribution < 1.29 is 19.1 Å². The Kier molecular flexibility index (Phi) is 5.28. The Morgan fingerprint density at radius 2 is 1.28 bits per heavy atom. The highest BCUT2D eigenvalue weighted by atomic mass is 16.6. The van der Waals surface area contributed by atoms with Crippen LogP contribution in [0.4, 0.5) is 0 Å². The summed E-state index contributed by atoms with van der Waals surface area (Å²) in [5.74, 6) is -0.671. The zero-order valence-corrected chi connectivity index (χ0v) is 20.7. The molecule has 2 aliphatic rings. The zero-order valence-electron chi connectivity index (χ0n) is 20.7. The van der Waals surface area contributed by atoms with Crippen molar-refractivity contribution in [2.24, 2.45) is 27.6 Å². The van der Waals surface area contributed by atoms with Crippen LogP contribution in [0.15, 0.2) is 22.3 Å². The smallest absolute Gasteiger partial charge is 0.335 e. The van der Waals surface area contributed by atoms with Gasteiger partial charge in [-0.05, 0) is 48.2 Å². The van der Waals surface area contributed by atoms with Crippen molar-refractivity contribution in [1.29, 1.82) is 0 Å². The van der Waals surface area contributed by atoms with Crippen LogP contribution in [-0.2, 0) is 19.1 Å². The molecule has 4 heteroatoms. The molecule has 0 unspecified atom stereocenters. The topological polar surface area (TPSA) is 52.6 Å². The van der Waals surface area contributed by atoms with Crippen molar-refractivity contribution in [1.82, 2.24) is 0 Å². The fourth-order valence-electron chi connectivity index (χ4n) is 5.47. The van der Waals surface area contributed by atoms with Gasteiger partial charge in [0.05, 0.1) is 7.11 Å². The molecule has 0 N–H and O–H groups in total. The number of methoxy groups -OCH3 is 1. The lowest BCUT2D eigenvalue weighted by atomic mass is 9.31. The highest BCUT2D eigenvalue weighted by Gasteiger charge is 2.75. The number of carbonyl (C=O) groups excluding carboxylic acids is 2. The number of hydrogen-bond donors (Lipinski definition) is 0. The minimum atomic E-state index is -0.586. The van der Waals surface area contributed by atoms with E-state index < -0.39 is 11.0 Å². The number of rotatable bonds is 2. The molecule has 0 bridgehead atoms. The molecule has 0 spiro atoms. The Morgan fingerprint density at radius 1 is 0.793 bits per heavy atom. The van der Waals surface area contributed by atoms with Crippen LogP contribution in [0.2, 0.25) is 0 Å². The van der Waals surface area contributed by atoms with E-state index in [4.69, 9.17) is 9.47 Å². The van der Waals surface area contributed by atoms with Gasteiger partial charge in [0, 0.05) is 22.5 Å². The minimum absolute atomic E-state index is 0.119. The summed E-state index contributed by atoms with van der Waals surface area (Å²) in [7, 11) is 1.43. The van der Waals surface area contributed by atoms with Gasteiger partial charge in [0.25, 0.3) is 0 Å². The first kappa shape index (κ1) is 23.7. The van der Waals surface area contributed by atoms with E-state index in [9.17, 15) is 9.59 Å². The third-order valence-electron chi connectivity index (χ3n) is 6.09. The van der Waals surface area contributed by atoms with E-state index in [1.807, 2.05) is 20.8 Å². The van der Waals surface area contributed by atoms with Gasteiger partial charge in [0.1, 0.15) is 5.60 Å². The third kappa shape index (κ3) is 3.37. The normalized spacial score (nSPS) is 25.2. The maximum atomic E-state index is 13.5. The van der Waals surface area contributed by atoms with E-state index in [0.29, 0.717) is 0 Å². The van der Waals surface area contributed by atoms with Crippen molar-refractivity contribution in [2.75, 3.05) is 7.11 Å². The third-order valence-corrected chi connectivity index (χ3v) is 6.09. The molecular weight excluding hydrogens is 364 g/mol. The van der Waals surface area contributed by atoms with Gasteiger partial charge in [0.2, 0.25) is 0 Å². The molecule has 0 saturated carbocycles. The van der Waals surface area contributed by atoms with Crippen LogP contribution in [-0.4, -0.2) is 24.6 Å². The van der Waals surface area contributed by atoms with Gasteiger partial charge in [0.15, 0.2) is 0 Å². The van der Waals surface area contributed by atoms with E-state index >= 15 is 0 Å². The largest absolute Gasteiger partial charge is 0.466 e. The lowest BCUT2D eigenvalue weighted by Crippen LogP contribution is -2.67. The number of allylic oxidation sites excluding steroid dienone is 2. The molecule has 0 aromatic heterocycles. The van der Waals surface area contributed by atoms with Crippen LogP contribution >= 0.6 is 0 Å². The van der Waals surface area contributed by atoms with Crippen molar-refractivity contribution in [3.05, 3.63) is 22.3 Å². The van der Waals surface area contributed by atoms with E-state index in [0.717, 1.165) is 22.3 Å². The second-order valence-corrected chi connectivity index (χ2v) is 12.6. The van der Waals surface area contributed by atoms with Crippen molar-refractivity contribution in [3.63, 3.8) is 0 Å². The van der Waals surface area contributed by atoms with E-state index in [1.54, 1.807) is 0 Å². The van der Waals surface area contributed by atoms with Crippen LogP contribution in [0, 0.1) is 27.6 Å². The number of ether oxygens (including phenoxy) is 2. The molecule has 2 rings (SSSR count). The van der Waals surface area contributed by atoms with Crippen LogP contribution in [0.5, 0.6) is 0 Å². The van der Waals surface area contributed by atoms with Gasteiger partial charge in [-0.2, -0.15) is 0 Å². The van der Waals surface area contributed by atoms with Gasteiger partial charge in [-0.15, -0.1) is 0 Å². The quantitative estimate of drug-likeness (QED) is 0.541. The molecular formula is C25H40O4. The Bertz CT molecular complexity index is 798. The predicted octanol–water partition coefficient (Wildman–Crippen LogP) is 5.86. The Labute approximate surface area is 177 Å². The maximum absolute atomic E-state index is 13.5. The number of carbonyl (C=O) groups is 2. The number of esters is 2. The lowest BCUT2D eigenvalue weighted by Gasteiger charge is -2.70. The van der Waals surface area contributed by atoms with E-state index in [-0.39, 0.29) is 34.1 Å². The SMILES string of the molecule is COC(=O)C1=C(C(C)(C)C)[C@]2(C(C)(C)C)C(C(=O)OC(C)(C)C)=C(C(C)(C)C)[C@H]12. The minimum Gasteiger partial charge on any atom is -0.466 e. The summed E-state index contributed by atoms with van der Waals surface area (Å²) < 4.78 is 11.1. The molecule has 0 aromatic carbocycles. The molecule has 0 aliphatic heterocycles. The maximum Gasteiger partial charge on any atom is 0.335 e. The average molecular weight is 405 g/mol. The van der Waals surface area contributed by atoms with Crippen LogP contribution in [0.1, 0.15) is 83.1 Å². The molecule has 29 heavy (non-hydrogen) atoms. The summed E-state index contributed by atoms with van der Waals surface area (Å²) in [6.07, 6.45) is 0. The summed E-state index contributed by atoms with van der Waals surface area (Å²) in [5, 5.41) is 0. The molecule has 0 heterocycles. The van der Waals surface area contributed by atoms with Gasteiger partial charge >= 0.3 is 11.9 Å². The van der Waals surface area contributed by atoms with Gasteiger partial charge in [-0.25, -0.2) is 9.59 Å². The summed E-state index contributed by atoms with van der Waals surface area (Å²) in [4.78, 5) is 26.4. The van der Waals surface area contributed by atoms with Crippen LogP contribution < -0.4 is 0 Å². The Hall–Kier alpha value is -1.58. The second kappa shape index (κ2) is 6.46. The highest BCUT2D eigenvalue weighted by Crippen LogP contribution is 2.78. The Balaban J connectivity index is 2.89. The van der Waals surface area contributed by atoms with Gasteiger partial charge in [-0.1, -0.05) is 62.3 Å². The molecule has 2 atom stereocenters. The number of hydrogen-bond acceptors (Lipinski definition) is 4. The van der Waals surface area contributed by atoms with Gasteiger partial charge in [-0.3, -0.25) is 0 Å². The van der Waals surface area contributed by atoms with Crippen molar-refractivity contribution >= 4 is 11.9 Å². The van der Waals surface area contributed by atoms with Gasteiger partial charge < -0.3 is 9.47 Å². The summed E-state index contributed by atoms with van der Waals surface area (Å²) in [5.41, 5.74) is 1.56. The first-order valence-corrected chi connectivity index (χ1v) is 10.5. The first-order valence-electron chi connectivity index (χ1n) is 10.5. The zero-order chi connectivity index (χ0) is 23.0. The molecule has 0 aromatic rings. The molecule has 4 nitrogen and oxygen atoms in total. The monoisotopic (exact) mass is 404 g/mol. The first-order chi connectivity index (χ1) is 12.7. The van der Waals surface area contributed by atoms with E-state index in [2.05, 4.69) is 62.3 Å². The fraction of sp³-hybridized carbons (Fsp3) is 0.760. The predicted molar refractivity (Wildman–Crippen MR) is 116 cm³/mol. The molecule has 0 amide bonds. The molecule has 0 radical (unpaired) electrons. The fourth-order valence-corrected chi connectivity index (χ4v) is 5.47. The van der Waals surface area contributed by atoms with Crippen LogP contribution in [0.25, 0.3) is 0 Å². The Morgan fingerprint density at radius 3 is 1.59 bits per heavy atom. The lowest BCUT2D eigenvalue weighted by molar-refractivity contribution is -0.157. The van der Waals surface area contributed by atoms with Crippen molar-refractivity contribution in [3.8, 4) is 0 Å².